The first-order chi connectivity index (χ1) is 13.9. The molecule has 4 fully saturated rings. The highest BCUT2D eigenvalue weighted by Gasteiger charge is 2.63. The first-order valence-electron chi connectivity index (χ1n) is 11.7. The summed E-state index contributed by atoms with van der Waals surface area (Å²) < 4.78 is 0. The van der Waals surface area contributed by atoms with Gasteiger partial charge in [-0.1, -0.05) is 76.0 Å². The molecule has 4 aliphatic rings. The second kappa shape index (κ2) is 7.47. The standard InChI is InChI=1S/C26H34Br2O/c1-25-15-14-20-18(10-8-17-9-13-22(27)24(28)26(17,20)2)19(25)11-12-21(25)23(29)16-6-4-3-5-7-16/h3-7,17-22,24H,8-15H2,1-2H3/t17-,18+,19+,20+,21?,22?,24?,25+,26+/m1/s1. The van der Waals surface area contributed by atoms with Crippen LogP contribution in [0.3, 0.4) is 0 Å². The summed E-state index contributed by atoms with van der Waals surface area (Å²) >= 11 is 8.16. The molecular formula is C26H34Br2O. The van der Waals surface area contributed by atoms with E-state index < -0.39 is 0 Å². The van der Waals surface area contributed by atoms with Crippen LogP contribution in [-0.4, -0.2) is 15.4 Å². The van der Waals surface area contributed by atoms with Crippen LogP contribution < -0.4 is 0 Å². The van der Waals surface area contributed by atoms with Crippen molar-refractivity contribution in [3.05, 3.63) is 35.9 Å². The van der Waals surface area contributed by atoms with Crippen LogP contribution in [0, 0.1) is 40.4 Å². The Morgan fingerprint density at radius 2 is 1.62 bits per heavy atom. The van der Waals surface area contributed by atoms with Crippen molar-refractivity contribution in [1.82, 2.24) is 0 Å². The van der Waals surface area contributed by atoms with Crippen molar-refractivity contribution in [3.63, 3.8) is 0 Å². The summed E-state index contributed by atoms with van der Waals surface area (Å²) in [6.45, 7) is 5.08. The van der Waals surface area contributed by atoms with E-state index in [0.29, 0.717) is 20.9 Å². The molecule has 0 amide bonds. The van der Waals surface area contributed by atoms with Crippen LogP contribution in [0.15, 0.2) is 30.3 Å². The number of fused-ring (bicyclic) bond motifs is 5. The van der Waals surface area contributed by atoms with Crippen LogP contribution in [0.2, 0.25) is 0 Å². The van der Waals surface area contributed by atoms with Crippen LogP contribution in [-0.2, 0) is 0 Å². The Morgan fingerprint density at radius 3 is 2.38 bits per heavy atom. The zero-order valence-corrected chi connectivity index (χ0v) is 20.9. The van der Waals surface area contributed by atoms with E-state index in [-0.39, 0.29) is 11.3 Å². The fourth-order valence-corrected chi connectivity index (χ4v) is 10.3. The first kappa shape index (κ1) is 20.7. The summed E-state index contributed by atoms with van der Waals surface area (Å²) in [6, 6.07) is 10.1. The van der Waals surface area contributed by atoms with Gasteiger partial charge in [0, 0.05) is 21.1 Å². The smallest absolute Gasteiger partial charge is 0.166 e. The molecule has 3 unspecified atom stereocenters. The SMILES string of the molecule is C[C@]12C(Br)C(Br)CC[C@H]1CC[C@@H]1[C@@H]2CC[C@]2(C)C(C(=O)c3ccccc3)CC[C@@H]12. The van der Waals surface area contributed by atoms with Gasteiger partial charge in [-0.25, -0.2) is 0 Å². The Kier molecular flexibility index (Phi) is 5.34. The lowest BCUT2D eigenvalue weighted by molar-refractivity contribution is -0.102. The third kappa shape index (κ3) is 2.99. The van der Waals surface area contributed by atoms with Gasteiger partial charge in [0.2, 0.25) is 0 Å². The minimum atomic E-state index is 0.196. The summed E-state index contributed by atoms with van der Waals surface area (Å²) in [6.07, 6.45) is 10.4. The number of alkyl halides is 2. The van der Waals surface area contributed by atoms with Gasteiger partial charge in [-0.05, 0) is 85.9 Å². The predicted molar refractivity (Wildman–Crippen MR) is 127 cm³/mol. The average Bonchev–Trinajstić information content (AvgIpc) is 3.09. The lowest BCUT2D eigenvalue weighted by atomic mass is 9.44. The molecule has 158 valence electrons. The molecule has 1 aromatic rings. The van der Waals surface area contributed by atoms with Crippen LogP contribution in [0.4, 0.5) is 0 Å². The number of benzene rings is 1. The number of hydrogen-bond donors (Lipinski definition) is 0. The highest BCUT2D eigenvalue weighted by atomic mass is 79.9. The number of halogens is 2. The molecule has 1 nitrogen and oxygen atoms in total. The molecule has 9 atom stereocenters. The molecule has 0 heterocycles. The van der Waals surface area contributed by atoms with E-state index in [1.165, 1.54) is 44.9 Å². The Morgan fingerprint density at radius 1 is 0.897 bits per heavy atom. The molecule has 1 aromatic carbocycles. The highest BCUT2D eigenvalue weighted by molar-refractivity contribution is 9.12. The van der Waals surface area contributed by atoms with E-state index in [9.17, 15) is 4.79 Å². The first-order valence-corrected chi connectivity index (χ1v) is 13.6. The largest absolute Gasteiger partial charge is 0.294 e. The highest BCUT2D eigenvalue weighted by Crippen LogP contribution is 2.68. The minimum Gasteiger partial charge on any atom is -0.294 e. The van der Waals surface area contributed by atoms with Gasteiger partial charge in [0.05, 0.1) is 0 Å². The lowest BCUT2D eigenvalue weighted by Gasteiger charge is -2.62. The Balaban J connectivity index is 1.43. The third-order valence-electron chi connectivity index (χ3n) is 10.0. The van der Waals surface area contributed by atoms with Gasteiger partial charge in [-0.2, -0.15) is 0 Å². The van der Waals surface area contributed by atoms with Crippen molar-refractivity contribution in [2.45, 2.75) is 74.9 Å². The van der Waals surface area contributed by atoms with Gasteiger partial charge >= 0.3 is 0 Å². The van der Waals surface area contributed by atoms with E-state index in [4.69, 9.17) is 0 Å². The average molecular weight is 522 g/mol. The van der Waals surface area contributed by atoms with Gasteiger partial charge in [0.25, 0.3) is 0 Å². The van der Waals surface area contributed by atoms with Crippen LogP contribution in [0.1, 0.15) is 75.6 Å². The fraction of sp³-hybridized carbons (Fsp3) is 0.731. The van der Waals surface area contributed by atoms with Crippen LogP contribution in [0.25, 0.3) is 0 Å². The number of ketones is 1. The maximum Gasteiger partial charge on any atom is 0.166 e. The zero-order chi connectivity index (χ0) is 20.4. The van der Waals surface area contributed by atoms with Gasteiger partial charge in [-0.3, -0.25) is 4.79 Å². The van der Waals surface area contributed by atoms with E-state index in [0.717, 1.165) is 35.7 Å². The van der Waals surface area contributed by atoms with Crippen molar-refractivity contribution in [3.8, 4) is 0 Å². The zero-order valence-electron chi connectivity index (χ0n) is 17.7. The molecule has 3 heteroatoms. The molecule has 0 aliphatic heterocycles. The second-order valence-electron chi connectivity index (χ2n) is 10.9. The van der Waals surface area contributed by atoms with Crippen molar-refractivity contribution in [1.29, 1.82) is 0 Å². The lowest BCUT2D eigenvalue weighted by Crippen LogP contribution is -2.58. The van der Waals surface area contributed by atoms with Crippen molar-refractivity contribution < 1.29 is 4.79 Å². The summed E-state index contributed by atoms with van der Waals surface area (Å²) in [7, 11) is 0. The predicted octanol–water partition coefficient (Wildman–Crippen LogP) is 7.67. The maximum atomic E-state index is 13.4. The third-order valence-corrected chi connectivity index (χ3v) is 13.4. The molecule has 4 aliphatic carbocycles. The van der Waals surface area contributed by atoms with Crippen molar-refractivity contribution in [2.24, 2.45) is 40.4 Å². The number of hydrogen-bond acceptors (Lipinski definition) is 1. The molecule has 4 saturated carbocycles. The van der Waals surface area contributed by atoms with Crippen LogP contribution in [0.5, 0.6) is 0 Å². The summed E-state index contributed by atoms with van der Waals surface area (Å²) in [5.74, 6) is 3.85. The summed E-state index contributed by atoms with van der Waals surface area (Å²) in [5, 5.41) is 0. The normalized spacial score (nSPS) is 49.0. The van der Waals surface area contributed by atoms with E-state index in [2.05, 4.69) is 45.7 Å². The van der Waals surface area contributed by atoms with Crippen LogP contribution >= 0.6 is 31.9 Å². The number of carbonyl (C=O) groups excluding carboxylic acids is 1. The molecule has 0 radical (unpaired) electrons. The molecule has 0 N–H and O–H groups in total. The van der Waals surface area contributed by atoms with Gasteiger partial charge in [-0.15, -0.1) is 0 Å². The Labute approximate surface area is 193 Å². The molecule has 0 saturated heterocycles. The number of Topliss-reactive ketones (excluding diaryl/α,β-unsaturated/α-hetero) is 1. The van der Waals surface area contributed by atoms with E-state index in [1.807, 2.05) is 30.3 Å². The topological polar surface area (TPSA) is 17.1 Å². The molecule has 29 heavy (non-hydrogen) atoms. The second-order valence-corrected chi connectivity index (χ2v) is 13.1. The Hall–Kier alpha value is -0.150. The Bertz CT molecular complexity index is 774. The molecule has 0 spiro atoms. The van der Waals surface area contributed by atoms with Crippen molar-refractivity contribution in [2.75, 3.05) is 0 Å². The molecule has 0 bridgehead atoms. The molecule has 0 aromatic heterocycles. The fourth-order valence-electron chi connectivity index (χ4n) is 8.49. The van der Waals surface area contributed by atoms with Gasteiger partial charge in [0.1, 0.15) is 0 Å². The molecule has 5 rings (SSSR count). The van der Waals surface area contributed by atoms with Gasteiger partial charge < -0.3 is 0 Å². The van der Waals surface area contributed by atoms with E-state index in [1.54, 1.807) is 0 Å². The summed E-state index contributed by atoms with van der Waals surface area (Å²) in [5.41, 5.74) is 1.52. The minimum absolute atomic E-state index is 0.196. The number of carbonyl (C=O) groups is 1. The van der Waals surface area contributed by atoms with E-state index >= 15 is 0 Å². The van der Waals surface area contributed by atoms with Crippen molar-refractivity contribution >= 4 is 37.6 Å². The summed E-state index contributed by atoms with van der Waals surface area (Å²) in [4.78, 5) is 14.6. The quantitative estimate of drug-likeness (QED) is 0.288. The maximum absolute atomic E-state index is 13.4. The molecular weight excluding hydrogens is 488 g/mol. The monoisotopic (exact) mass is 520 g/mol. The number of rotatable bonds is 2. The van der Waals surface area contributed by atoms with Gasteiger partial charge in [0.15, 0.2) is 5.78 Å².